The predicted molar refractivity (Wildman–Crippen MR) is 112 cm³/mol. The van der Waals surface area contributed by atoms with Crippen molar-refractivity contribution in [2.75, 3.05) is 16.0 Å². The number of urea groups is 1. The molecule has 0 unspecified atom stereocenters. The molecule has 3 amide bonds. The van der Waals surface area contributed by atoms with E-state index in [1.54, 1.807) is 36.4 Å². The number of carbonyl (C=O) groups excluding carboxylic acids is 2. The Kier molecular flexibility index (Phi) is 5.20. The van der Waals surface area contributed by atoms with Gasteiger partial charge in [0.1, 0.15) is 5.69 Å². The molecule has 29 heavy (non-hydrogen) atoms. The van der Waals surface area contributed by atoms with Crippen molar-refractivity contribution in [1.29, 1.82) is 0 Å². The number of para-hydroxylation sites is 2. The summed E-state index contributed by atoms with van der Waals surface area (Å²) in [4.78, 5) is 24.3. The molecule has 0 aliphatic heterocycles. The van der Waals surface area contributed by atoms with E-state index in [1.165, 1.54) is 0 Å². The number of benzene rings is 3. The van der Waals surface area contributed by atoms with E-state index in [9.17, 15) is 9.59 Å². The number of nitrogens with one attached hydrogen (secondary N) is 3. The minimum Gasteiger partial charge on any atom is -0.356 e. The smallest absolute Gasteiger partial charge is 0.323 e. The fourth-order valence-electron chi connectivity index (χ4n) is 2.87. The third-order valence-electron chi connectivity index (χ3n) is 4.24. The molecule has 144 valence electrons. The van der Waals surface area contributed by atoms with Crippen molar-refractivity contribution >= 4 is 40.0 Å². The Morgan fingerprint density at radius 1 is 0.724 bits per heavy atom. The SMILES string of the molecule is O=C(Cc1noc2ccccc12)Nc1ccc(NC(=O)Nc2ccccc2)cc1. The van der Waals surface area contributed by atoms with Crippen LogP contribution in [0.15, 0.2) is 83.4 Å². The summed E-state index contributed by atoms with van der Waals surface area (Å²) in [5.74, 6) is -0.202. The molecule has 0 fully saturated rings. The molecule has 0 saturated carbocycles. The maximum Gasteiger partial charge on any atom is 0.323 e. The van der Waals surface area contributed by atoms with Gasteiger partial charge in [0.25, 0.3) is 0 Å². The molecule has 0 saturated heterocycles. The van der Waals surface area contributed by atoms with Crippen LogP contribution in [-0.4, -0.2) is 17.1 Å². The molecule has 4 aromatic rings. The minimum absolute atomic E-state index is 0.108. The van der Waals surface area contributed by atoms with Gasteiger partial charge in [0.15, 0.2) is 5.58 Å². The average molecular weight is 386 g/mol. The number of aromatic nitrogens is 1. The van der Waals surface area contributed by atoms with Gasteiger partial charge in [-0.05, 0) is 48.5 Å². The summed E-state index contributed by atoms with van der Waals surface area (Å²) in [5.41, 5.74) is 3.18. The molecule has 3 aromatic carbocycles. The molecular formula is C22H18N4O3. The maximum absolute atomic E-state index is 12.3. The molecule has 0 atom stereocenters. The van der Waals surface area contributed by atoms with Gasteiger partial charge in [0.2, 0.25) is 5.91 Å². The lowest BCUT2D eigenvalue weighted by molar-refractivity contribution is -0.115. The lowest BCUT2D eigenvalue weighted by Gasteiger charge is -2.09. The Morgan fingerprint density at radius 3 is 2.03 bits per heavy atom. The summed E-state index contributed by atoms with van der Waals surface area (Å²) in [6, 6.07) is 23.1. The lowest BCUT2D eigenvalue weighted by Crippen LogP contribution is -2.19. The Hall–Kier alpha value is -4.13. The topological polar surface area (TPSA) is 96.3 Å². The van der Waals surface area contributed by atoms with Gasteiger partial charge in [0.05, 0.1) is 6.42 Å². The van der Waals surface area contributed by atoms with Crippen molar-refractivity contribution in [3.63, 3.8) is 0 Å². The summed E-state index contributed by atoms with van der Waals surface area (Å²) < 4.78 is 5.22. The van der Waals surface area contributed by atoms with Crippen LogP contribution in [0, 0.1) is 0 Å². The zero-order valence-corrected chi connectivity index (χ0v) is 15.4. The van der Waals surface area contributed by atoms with Crippen LogP contribution in [0.4, 0.5) is 21.9 Å². The Balaban J connectivity index is 1.33. The van der Waals surface area contributed by atoms with Gasteiger partial charge in [0, 0.05) is 22.4 Å². The Labute approximate surface area is 166 Å². The van der Waals surface area contributed by atoms with Crippen LogP contribution in [0.1, 0.15) is 5.69 Å². The quantitative estimate of drug-likeness (QED) is 0.465. The number of amides is 3. The standard InChI is InChI=1S/C22H18N4O3/c27-21(14-19-18-8-4-5-9-20(18)29-26-19)23-16-10-12-17(13-11-16)25-22(28)24-15-6-2-1-3-7-15/h1-13H,14H2,(H,23,27)(H2,24,25,28). The van der Waals surface area contributed by atoms with E-state index in [0.717, 1.165) is 5.39 Å². The van der Waals surface area contributed by atoms with Crippen molar-refractivity contribution in [1.82, 2.24) is 5.16 Å². The molecule has 3 N–H and O–H groups in total. The maximum atomic E-state index is 12.3. The first-order valence-corrected chi connectivity index (χ1v) is 9.04. The molecule has 7 heteroatoms. The number of hydrogen-bond acceptors (Lipinski definition) is 4. The van der Waals surface area contributed by atoms with Crippen LogP contribution in [-0.2, 0) is 11.2 Å². The number of nitrogens with zero attached hydrogens (tertiary/aromatic N) is 1. The number of rotatable bonds is 5. The van der Waals surface area contributed by atoms with Crippen molar-refractivity contribution in [2.45, 2.75) is 6.42 Å². The molecule has 4 rings (SSSR count). The van der Waals surface area contributed by atoms with E-state index in [-0.39, 0.29) is 18.4 Å². The van der Waals surface area contributed by atoms with Crippen LogP contribution >= 0.6 is 0 Å². The van der Waals surface area contributed by atoms with E-state index in [4.69, 9.17) is 4.52 Å². The fraction of sp³-hybridized carbons (Fsp3) is 0.0455. The van der Waals surface area contributed by atoms with Crippen molar-refractivity contribution in [2.24, 2.45) is 0 Å². The molecule has 0 spiro atoms. The molecule has 1 heterocycles. The number of fused-ring (bicyclic) bond motifs is 1. The zero-order chi connectivity index (χ0) is 20.1. The normalized spacial score (nSPS) is 10.5. The predicted octanol–water partition coefficient (Wildman–Crippen LogP) is 4.65. The largest absolute Gasteiger partial charge is 0.356 e. The number of anilines is 3. The Bertz CT molecular complexity index is 1140. The van der Waals surface area contributed by atoms with Crippen LogP contribution in [0.5, 0.6) is 0 Å². The van der Waals surface area contributed by atoms with Crippen molar-refractivity contribution < 1.29 is 14.1 Å². The molecule has 7 nitrogen and oxygen atoms in total. The number of carbonyl (C=O) groups is 2. The fourth-order valence-corrected chi connectivity index (χ4v) is 2.87. The summed E-state index contributed by atoms with van der Waals surface area (Å²) in [7, 11) is 0. The monoisotopic (exact) mass is 386 g/mol. The van der Waals surface area contributed by atoms with E-state index >= 15 is 0 Å². The van der Waals surface area contributed by atoms with E-state index < -0.39 is 0 Å². The van der Waals surface area contributed by atoms with Crippen molar-refractivity contribution in [3.05, 3.63) is 84.6 Å². The van der Waals surface area contributed by atoms with Gasteiger partial charge >= 0.3 is 6.03 Å². The highest BCUT2D eigenvalue weighted by atomic mass is 16.5. The van der Waals surface area contributed by atoms with Crippen LogP contribution in [0.25, 0.3) is 11.0 Å². The second-order valence-corrected chi connectivity index (χ2v) is 6.37. The molecule has 0 aliphatic carbocycles. The van der Waals surface area contributed by atoms with Gasteiger partial charge in [-0.3, -0.25) is 4.79 Å². The highest BCUT2D eigenvalue weighted by Gasteiger charge is 2.12. The Morgan fingerprint density at radius 2 is 1.31 bits per heavy atom. The second-order valence-electron chi connectivity index (χ2n) is 6.37. The van der Waals surface area contributed by atoms with Crippen LogP contribution < -0.4 is 16.0 Å². The molecule has 0 bridgehead atoms. The first kappa shape index (κ1) is 18.2. The third-order valence-corrected chi connectivity index (χ3v) is 4.24. The minimum atomic E-state index is -0.342. The van der Waals surface area contributed by atoms with E-state index in [1.807, 2.05) is 42.5 Å². The van der Waals surface area contributed by atoms with Gasteiger partial charge < -0.3 is 20.5 Å². The van der Waals surface area contributed by atoms with Gasteiger partial charge in [-0.1, -0.05) is 35.5 Å². The molecule has 0 radical (unpaired) electrons. The third kappa shape index (κ3) is 4.59. The summed E-state index contributed by atoms with van der Waals surface area (Å²) >= 11 is 0. The summed E-state index contributed by atoms with van der Waals surface area (Å²) in [6.45, 7) is 0. The van der Waals surface area contributed by atoms with E-state index in [2.05, 4.69) is 21.1 Å². The highest BCUT2D eigenvalue weighted by molar-refractivity contribution is 6.00. The first-order valence-electron chi connectivity index (χ1n) is 9.04. The van der Waals surface area contributed by atoms with Gasteiger partial charge in [-0.25, -0.2) is 4.79 Å². The summed E-state index contributed by atoms with van der Waals surface area (Å²) in [6.07, 6.45) is 0.108. The lowest BCUT2D eigenvalue weighted by atomic mass is 10.1. The van der Waals surface area contributed by atoms with Crippen LogP contribution in [0.2, 0.25) is 0 Å². The van der Waals surface area contributed by atoms with Crippen molar-refractivity contribution in [3.8, 4) is 0 Å². The first-order chi connectivity index (χ1) is 14.2. The average Bonchev–Trinajstić information content (AvgIpc) is 3.13. The second kappa shape index (κ2) is 8.26. The van der Waals surface area contributed by atoms with E-state index in [0.29, 0.717) is 28.3 Å². The van der Waals surface area contributed by atoms with Gasteiger partial charge in [-0.2, -0.15) is 0 Å². The van der Waals surface area contributed by atoms with Crippen LogP contribution in [0.3, 0.4) is 0 Å². The molecule has 1 aromatic heterocycles. The molecule has 0 aliphatic rings. The summed E-state index contributed by atoms with van der Waals surface area (Å²) in [5, 5.41) is 13.1. The zero-order valence-electron chi connectivity index (χ0n) is 15.4. The van der Waals surface area contributed by atoms with Gasteiger partial charge in [-0.15, -0.1) is 0 Å². The molecular weight excluding hydrogens is 368 g/mol. The number of hydrogen-bond donors (Lipinski definition) is 3. The highest BCUT2D eigenvalue weighted by Crippen LogP contribution is 2.19.